The van der Waals surface area contributed by atoms with Crippen LogP contribution in [-0.2, 0) is 0 Å². The van der Waals surface area contributed by atoms with E-state index in [1.54, 1.807) is 0 Å². The van der Waals surface area contributed by atoms with Crippen molar-refractivity contribution in [2.45, 2.75) is 38.8 Å². The molecule has 2 atom stereocenters. The lowest BCUT2D eigenvalue weighted by molar-refractivity contribution is 0.0298. The molecule has 96 valence electrons. The Labute approximate surface area is 98.9 Å². The quantitative estimate of drug-likeness (QED) is 0.682. The number of nitrogens with zero attached hydrogens (tertiary/aromatic N) is 2. The van der Waals surface area contributed by atoms with Crippen LogP contribution in [0.2, 0.25) is 0 Å². The molecule has 1 fully saturated rings. The van der Waals surface area contributed by atoms with Crippen molar-refractivity contribution in [1.29, 1.82) is 0 Å². The highest BCUT2D eigenvalue weighted by Crippen LogP contribution is 2.12. The molecule has 0 unspecified atom stereocenters. The predicted octanol–water partition coefficient (Wildman–Crippen LogP) is 0.146. The van der Waals surface area contributed by atoms with Gasteiger partial charge in [0.1, 0.15) is 0 Å². The highest BCUT2D eigenvalue weighted by Gasteiger charge is 2.25. The minimum Gasteiger partial charge on any atom is -0.395 e. The molecule has 1 aliphatic rings. The van der Waals surface area contributed by atoms with E-state index in [1.807, 2.05) is 0 Å². The van der Waals surface area contributed by atoms with Gasteiger partial charge in [0.15, 0.2) is 0 Å². The van der Waals surface area contributed by atoms with Crippen LogP contribution in [0.15, 0.2) is 0 Å². The molecule has 0 aliphatic carbocycles. The van der Waals surface area contributed by atoms with Crippen molar-refractivity contribution in [3.05, 3.63) is 0 Å². The van der Waals surface area contributed by atoms with Gasteiger partial charge in [-0.1, -0.05) is 13.8 Å². The molecule has 2 N–H and O–H groups in total. The second-order valence-electron chi connectivity index (χ2n) is 4.56. The molecule has 0 spiro atoms. The van der Waals surface area contributed by atoms with Gasteiger partial charge in [0.05, 0.1) is 13.2 Å². The van der Waals surface area contributed by atoms with Crippen LogP contribution < -0.4 is 0 Å². The molecule has 4 heteroatoms. The molecule has 0 aromatic heterocycles. The van der Waals surface area contributed by atoms with Gasteiger partial charge in [0, 0.05) is 38.3 Å². The molecule has 0 saturated carbocycles. The summed E-state index contributed by atoms with van der Waals surface area (Å²) in [7, 11) is 0. The monoisotopic (exact) mass is 230 g/mol. The van der Waals surface area contributed by atoms with Crippen molar-refractivity contribution in [3.8, 4) is 0 Å². The molecule has 1 aliphatic heterocycles. The summed E-state index contributed by atoms with van der Waals surface area (Å²) in [6.45, 7) is 8.79. The smallest absolute Gasteiger partial charge is 0.0586 e. The Morgan fingerprint density at radius 3 is 1.31 bits per heavy atom. The van der Waals surface area contributed by atoms with Gasteiger partial charge in [0.25, 0.3) is 0 Å². The topological polar surface area (TPSA) is 46.9 Å². The lowest BCUT2D eigenvalue weighted by Gasteiger charge is -2.41. The third-order valence-corrected chi connectivity index (χ3v) is 3.75. The summed E-state index contributed by atoms with van der Waals surface area (Å²) >= 11 is 0. The van der Waals surface area contributed by atoms with Crippen molar-refractivity contribution in [2.75, 3.05) is 39.4 Å². The lowest BCUT2D eigenvalue weighted by Crippen LogP contribution is -2.54. The third kappa shape index (κ3) is 3.42. The van der Waals surface area contributed by atoms with Gasteiger partial charge < -0.3 is 10.2 Å². The molecule has 0 radical (unpaired) electrons. The molecule has 0 aromatic carbocycles. The third-order valence-electron chi connectivity index (χ3n) is 3.75. The molecule has 4 nitrogen and oxygen atoms in total. The number of hydrogen-bond acceptors (Lipinski definition) is 4. The van der Waals surface area contributed by atoms with E-state index in [2.05, 4.69) is 23.6 Å². The summed E-state index contributed by atoms with van der Waals surface area (Å²) in [4.78, 5) is 4.72. The number of aliphatic hydroxyl groups excluding tert-OH is 2. The van der Waals surface area contributed by atoms with Crippen LogP contribution in [0.3, 0.4) is 0 Å². The molecule has 1 heterocycles. The van der Waals surface area contributed by atoms with E-state index in [9.17, 15) is 10.2 Å². The van der Waals surface area contributed by atoms with Crippen molar-refractivity contribution < 1.29 is 10.2 Å². The van der Waals surface area contributed by atoms with Gasteiger partial charge >= 0.3 is 0 Å². The summed E-state index contributed by atoms with van der Waals surface area (Å²) in [5, 5.41) is 18.5. The Bertz CT molecular complexity index is 154. The number of rotatable bonds is 6. The second-order valence-corrected chi connectivity index (χ2v) is 4.56. The van der Waals surface area contributed by atoms with Crippen LogP contribution in [0.5, 0.6) is 0 Å². The summed E-state index contributed by atoms with van der Waals surface area (Å²) in [5.74, 6) is 0. The van der Waals surface area contributed by atoms with E-state index in [1.165, 1.54) is 0 Å². The Hall–Kier alpha value is -0.160. The normalized spacial score (nSPS) is 23.2. The first-order chi connectivity index (χ1) is 7.76. The molecule has 16 heavy (non-hydrogen) atoms. The first kappa shape index (κ1) is 13.9. The van der Waals surface area contributed by atoms with Gasteiger partial charge in [-0.3, -0.25) is 9.80 Å². The number of piperazine rings is 1. The number of aliphatic hydroxyl groups is 2. The van der Waals surface area contributed by atoms with Gasteiger partial charge in [-0.15, -0.1) is 0 Å². The van der Waals surface area contributed by atoms with Crippen molar-refractivity contribution in [1.82, 2.24) is 9.80 Å². The first-order valence-corrected chi connectivity index (χ1v) is 6.46. The molecule has 1 saturated heterocycles. The fourth-order valence-electron chi connectivity index (χ4n) is 2.47. The minimum atomic E-state index is 0.258. The SMILES string of the molecule is CC[C@H](CO)N1CCN([C@@H](CC)CO)CC1. The maximum Gasteiger partial charge on any atom is 0.0586 e. The van der Waals surface area contributed by atoms with E-state index < -0.39 is 0 Å². The zero-order valence-electron chi connectivity index (χ0n) is 10.6. The van der Waals surface area contributed by atoms with E-state index in [0.29, 0.717) is 12.1 Å². The minimum absolute atomic E-state index is 0.258. The van der Waals surface area contributed by atoms with Crippen molar-refractivity contribution >= 4 is 0 Å². The predicted molar refractivity (Wildman–Crippen MR) is 65.5 cm³/mol. The lowest BCUT2D eigenvalue weighted by atomic mass is 10.1. The zero-order valence-corrected chi connectivity index (χ0v) is 10.6. The van der Waals surface area contributed by atoms with Gasteiger partial charge in [-0.2, -0.15) is 0 Å². The molecule has 1 rings (SSSR count). The van der Waals surface area contributed by atoms with Gasteiger partial charge in [0.2, 0.25) is 0 Å². The van der Waals surface area contributed by atoms with Gasteiger partial charge in [-0.05, 0) is 12.8 Å². The van der Waals surface area contributed by atoms with E-state index >= 15 is 0 Å². The summed E-state index contributed by atoms with van der Waals surface area (Å²) in [5.41, 5.74) is 0. The standard InChI is InChI=1S/C12H26N2O2/c1-3-11(9-15)13-5-7-14(8-6-13)12(4-2)10-16/h11-12,15-16H,3-10H2,1-2H3/t11-,12+. The fourth-order valence-corrected chi connectivity index (χ4v) is 2.47. The summed E-state index contributed by atoms with van der Waals surface area (Å²) in [6.07, 6.45) is 2.02. The molecule has 0 aromatic rings. The molecular formula is C12H26N2O2. The maximum atomic E-state index is 9.25. The van der Waals surface area contributed by atoms with Crippen LogP contribution in [0.1, 0.15) is 26.7 Å². The van der Waals surface area contributed by atoms with Crippen LogP contribution in [0.25, 0.3) is 0 Å². The van der Waals surface area contributed by atoms with Crippen LogP contribution in [-0.4, -0.2) is 71.5 Å². The van der Waals surface area contributed by atoms with Crippen molar-refractivity contribution in [2.24, 2.45) is 0 Å². The number of hydrogen-bond donors (Lipinski definition) is 2. The zero-order chi connectivity index (χ0) is 12.0. The van der Waals surface area contributed by atoms with E-state index in [0.717, 1.165) is 39.0 Å². The Morgan fingerprint density at radius 2 is 1.12 bits per heavy atom. The van der Waals surface area contributed by atoms with E-state index in [-0.39, 0.29) is 13.2 Å². The van der Waals surface area contributed by atoms with Crippen LogP contribution in [0, 0.1) is 0 Å². The summed E-state index contributed by atoms with van der Waals surface area (Å²) in [6, 6.07) is 0.632. The highest BCUT2D eigenvalue weighted by atomic mass is 16.3. The van der Waals surface area contributed by atoms with E-state index in [4.69, 9.17) is 0 Å². The molecule has 0 bridgehead atoms. The fraction of sp³-hybridized carbons (Fsp3) is 1.00. The Morgan fingerprint density at radius 1 is 0.812 bits per heavy atom. The van der Waals surface area contributed by atoms with Crippen LogP contribution in [0.4, 0.5) is 0 Å². The second kappa shape index (κ2) is 7.22. The molecular weight excluding hydrogens is 204 g/mol. The largest absolute Gasteiger partial charge is 0.395 e. The Balaban J connectivity index is 2.38. The first-order valence-electron chi connectivity index (χ1n) is 6.46. The van der Waals surface area contributed by atoms with Crippen molar-refractivity contribution in [3.63, 3.8) is 0 Å². The average molecular weight is 230 g/mol. The summed E-state index contributed by atoms with van der Waals surface area (Å²) < 4.78 is 0. The highest BCUT2D eigenvalue weighted by molar-refractivity contribution is 4.80. The van der Waals surface area contributed by atoms with Crippen LogP contribution >= 0.6 is 0 Å². The molecule has 0 amide bonds. The van der Waals surface area contributed by atoms with Gasteiger partial charge in [-0.25, -0.2) is 0 Å². The average Bonchev–Trinajstić information content (AvgIpc) is 2.34. The maximum absolute atomic E-state index is 9.25. The Kier molecular flexibility index (Phi) is 6.28.